The Morgan fingerprint density at radius 1 is 0.344 bits per heavy atom. The van der Waals surface area contributed by atoms with Crippen LogP contribution in [0.1, 0.15) is 163 Å². The Balaban J connectivity index is 3.55. The van der Waals surface area contributed by atoms with Crippen molar-refractivity contribution in [3.8, 4) is 0 Å². The lowest BCUT2D eigenvalue weighted by molar-refractivity contribution is 0.165. The van der Waals surface area contributed by atoms with Gasteiger partial charge in [0.2, 0.25) is 0 Å². The molecule has 0 saturated carbocycles. The predicted molar refractivity (Wildman–Crippen MR) is 147 cm³/mol. The van der Waals surface area contributed by atoms with Crippen molar-refractivity contribution in [2.75, 3.05) is 13.2 Å². The summed E-state index contributed by atoms with van der Waals surface area (Å²) in [5.74, 6) is 0. The van der Waals surface area contributed by atoms with Gasteiger partial charge in [-0.05, 0) is 24.9 Å². The molecule has 0 aliphatic rings. The van der Waals surface area contributed by atoms with Gasteiger partial charge in [0.1, 0.15) is 0 Å². The van der Waals surface area contributed by atoms with Crippen LogP contribution in [-0.2, 0) is 8.85 Å². The maximum absolute atomic E-state index is 6.37. The third-order valence-electron chi connectivity index (χ3n) is 6.68. The van der Waals surface area contributed by atoms with E-state index in [0.717, 1.165) is 26.1 Å². The molecule has 0 aliphatic carbocycles. The standard InChI is InChI=1S/C29H62O2Si/c1-5-9-10-11-12-13-14-15-16-17-18-19-20-21-22-23-24-25-29-32(28-8-4,30-26-6-2)31-27-7-3/h5-29H2,1-4H3. The Morgan fingerprint density at radius 3 is 1.00 bits per heavy atom. The molecule has 0 aromatic heterocycles. The molecule has 32 heavy (non-hydrogen) atoms. The van der Waals surface area contributed by atoms with E-state index < -0.39 is 8.56 Å². The fourth-order valence-electron chi connectivity index (χ4n) is 4.71. The monoisotopic (exact) mass is 470 g/mol. The molecule has 0 bridgehead atoms. The van der Waals surface area contributed by atoms with Gasteiger partial charge in [-0.25, -0.2) is 0 Å². The zero-order valence-electron chi connectivity index (χ0n) is 23.0. The van der Waals surface area contributed by atoms with Crippen molar-refractivity contribution in [1.29, 1.82) is 0 Å². The van der Waals surface area contributed by atoms with Crippen LogP contribution < -0.4 is 0 Å². The van der Waals surface area contributed by atoms with E-state index in [1.54, 1.807) is 0 Å². The molecule has 0 amide bonds. The van der Waals surface area contributed by atoms with Gasteiger partial charge in [-0.15, -0.1) is 0 Å². The Kier molecular flexibility index (Phi) is 25.9. The van der Waals surface area contributed by atoms with Gasteiger partial charge in [0.25, 0.3) is 0 Å². The van der Waals surface area contributed by atoms with E-state index in [-0.39, 0.29) is 0 Å². The van der Waals surface area contributed by atoms with Crippen LogP contribution >= 0.6 is 0 Å². The second-order valence-electron chi connectivity index (χ2n) is 10.1. The molecule has 3 heteroatoms. The van der Waals surface area contributed by atoms with Crippen LogP contribution in [0.5, 0.6) is 0 Å². The molecular weight excluding hydrogens is 408 g/mol. The average Bonchev–Trinajstić information content (AvgIpc) is 2.80. The van der Waals surface area contributed by atoms with Gasteiger partial charge in [0.05, 0.1) is 0 Å². The van der Waals surface area contributed by atoms with Crippen LogP contribution in [0.15, 0.2) is 0 Å². The fourth-order valence-corrected chi connectivity index (χ4v) is 8.32. The molecule has 0 atom stereocenters. The highest BCUT2D eigenvalue weighted by molar-refractivity contribution is 6.67. The molecule has 0 aromatic rings. The number of rotatable bonds is 27. The Morgan fingerprint density at radius 2 is 0.688 bits per heavy atom. The fraction of sp³-hybridized carbons (Fsp3) is 1.00. The molecule has 0 heterocycles. The second-order valence-corrected chi connectivity index (χ2v) is 13.5. The molecule has 0 aliphatic heterocycles. The average molecular weight is 471 g/mol. The van der Waals surface area contributed by atoms with E-state index in [1.165, 1.54) is 134 Å². The van der Waals surface area contributed by atoms with Crippen LogP contribution in [0.3, 0.4) is 0 Å². The van der Waals surface area contributed by atoms with Crippen LogP contribution in [0.4, 0.5) is 0 Å². The first-order valence-electron chi connectivity index (χ1n) is 15.0. The van der Waals surface area contributed by atoms with Crippen LogP contribution in [0.2, 0.25) is 12.1 Å². The summed E-state index contributed by atoms with van der Waals surface area (Å²) in [6.07, 6.45) is 29.3. The number of hydrogen-bond donors (Lipinski definition) is 0. The largest absolute Gasteiger partial charge is 0.394 e. The van der Waals surface area contributed by atoms with E-state index >= 15 is 0 Å². The molecule has 0 radical (unpaired) electrons. The highest BCUT2D eigenvalue weighted by Gasteiger charge is 2.35. The van der Waals surface area contributed by atoms with Gasteiger partial charge >= 0.3 is 8.56 Å². The molecule has 0 spiro atoms. The van der Waals surface area contributed by atoms with Crippen molar-refractivity contribution in [1.82, 2.24) is 0 Å². The SMILES string of the molecule is CCCCCCCCCCCCCCCCCCCC[Si](CCC)(OCCC)OCCC. The van der Waals surface area contributed by atoms with Crippen LogP contribution in [0.25, 0.3) is 0 Å². The van der Waals surface area contributed by atoms with Crippen molar-refractivity contribution in [3.63, 3.8) is 0 Å². The molecule has 0 fully saturated rings. The smallest absolute Gasteiger partial charge is 0.338 e. The highest BCUT2D eigenvalue weighted by atomic mass is 28.4. The van der Waals surface area contributed by atoms with Crippen molar-refractivity contribution in [2.45, 2.75) is 175 Å². The third-order valence-corrected chi connectivity index (χ3v) is 10.5. The van der Waals surface area contributed by atoms with E-state index in [0.29, 0.717) is 0 Å². The Labute approximate surface area is 205 Å². The maximum atomic E-state index is 6.37. The summed E-state index contributed by atoms with van der Waals surface area (Å²) in [6.45, 7) is 10.8. The lowest BCUT2D eigenvalue weighted by Gasteiger charge is -2.30. The van der Waals surface area contributed by atoms with E-state index in [2.05, 4.69) is 27.7 Å². The summed E-state index contributed by atoms with van der Waals surface area (Å²) in [7, 11) is -1.95. The summed E-state index contributed by atoms with van der Waals surface area (Å²) in [5, 5.41) is 0. The van der Waals surface area contributed by atoms with Gasteiger partial charge in [-0.2, -0.15) is 0 Å². The van der Waals surface area contributed by atoms with Crippen molar-refractivity contribution >= 4 is 8.56 Å². The van der Waals surface area contributed by atoms with E-state index in [1.807, 2.05) is 0 Å². The molecule has 194 valence electrons. The van der Waals surface area contributed by atoms with Gasteiger partial charge in [0.15, 0.2) is 0 Å². The minimum absolute atomic E-state index is 0.884. The summed E-state index contributed by atoms with van der Waals surface area (Å²) < 4.78 is 12.7. The minimum Gasteiger partial charge on any atom is -0.394 e. The van der Waals surface area contributed by atoms with E-state index in [4.69, 9.17) is 8.85 Å². The van der Waals surface area contributed by atoms with Crippen LogP contribution in [0, 0.1) is 0 Å². The zero-order chi connectivity index (χ0) is 23.6. The lowest BCUT2D eigenvalue weighted by atomic mass is 10.0. The molecular formula is C29H62O2Si. The van der Waals surface area contributed by atoms with Crippen LogP contribution in [-0.4, -0.2) is 21.8 Å². The molecule has 0 unspecified atom stereocenters. The molecule has 0 rings (SSSR count). The first kappa shape index (κ1) is 32.1. The van der Waals surface area contributed by atoms with Gasteiger partial charge < -0.3 is 8.85 Å². The number of unbranched alkanes of at least 4 members (excludes halogenated alkanes) is 17. The Bertz CT molecular complexity index is 340. The van der Waals surface area contributed by atoms with Gasteiger partial charge in [0, 0.05) is 13.2 Å². The number of hydrogen-bond acceptors (Lipinski definition) is 2. The Hall–Kier alpha value is 0.137. The summed E-state index contributed by atoms with van der Waals surface area (Å²) in [4.78, 5) is 0. The zero-order valence-corrected chi connectivity index (χ0v) is 24.0. The molecule has 0 aromatic carbocycles. The summed E-state index contributed by atoms with van der Waals surface area (Å²) >= 11 is 0. The summed E-state index contributed by atoms with van der Waals surface area (Å²) in [5.41, 5.74) is 0. The van der Waals surface area contributed by atoms with Crippen molar-refractivity contribution < 1.29 is 8.85 Å². The van der Waals surface area contributed by atoms with E-state index in [9.17, 15) is 0 Å². The normalized spacial score (nSPS) is 12.0. The lowest BCUT2D eigenvalue weighted by Crippen LogP contribution is -2.42. The first-order chi connectivity index (χ1) is 15.7. The summed E-state index contributed by atoms with van der Waals surface area (Å²) in [6, 6.07) is 2.38. The predicted octanol–water partition coefficient (Wildman–Crippen LogP) is 10.7. The van der Waals surface area contributed by atoms with Crippen molar-refractivity contribution in [3.05, 3.63) is 0 Å². The van der Waals surface area contributed by atoms with Gasteiger partial charge in [-0.3, -0.25) is 0 Å². The molecule has 0 N–H and O–H groups in total. The second kappa shape index (κ2) is 25.8. The quantitative estimate of drug-likeness (QED) is 0.0877. The minimum atomic E-state index is -1.95. The van der Waals surface area contributed by atoms with Gasteiger partial charge in [-0.1, -0.05) is 150 Å². The maximum Gasteiger partial charge on any atom is 0.338 e. The third kappa shape index (κ3) is 20.7. The van der Waals surface area contributed by atoms with Crippen molar-refractivity contribution in [2.24, 2.45) is 0 Å². The molecule has 2 nitrogen and oxygen atoms in total. The molecule has 0 saturated heterocycles. The first-order valence-corrected chi connectivity index (χ1v) is 17.3. The topological polar surface area (TPSA) is 18.5 Å². The highest BCUT2D eigenvalue weighted by Crippen LogP contribution is 2.25.